The lowest BCUT2D eigenvalue weighted by molar-refractivity contribution is 0.0746. The third kappa shape index (κ3) is 5.03. The predicted molar refractivity (Wildman–Crippen MR) is 125 cm³/mol. The second-order valence-corrected chi connectivity index (χ2v) is 8.78. The van der Waals surface area contributed by atoms with Crippen LogP contribution in [0.1, 0.15) is 33.0 Å². The average molecular weight is 473 g/mol. The van der Waals surface area contributed by atoms with Crippen molar-refractivity contribution < 1.29 is 9.18 Å². The number of aromatic nitrogens is 2. The molecule has 5 nitrogen and oxygen atoms in total. The van der Waals surface area contributed by atoms with Crippen LogP contribution in [0.15, 0.2) is 42.5 Å². The third-order valence-corrected chi connectivity index (χ3v) is 5.99. The fraction of sp³-hybridized carbons (Fsp3) is 0.292. The van der Waals surface area contributed by atoms with Gasteiger partial charge in [0.15, 0.2) is 0 Å². The molecule has 2 aromatic carbocycles. The summed E-state index contributed by atoms with van der Waals surface area (Å²) >= 11 is 12.1. The van der Waals surface area contributed by atoms with Crippen LogP contribution >= 0.6 is 23.2 Å². The minimum absolute atomic E-state index is 0.0934. The van der Waals surface area contributed by atoms with Crippen LogP contribution in [0.25, 0.3) is 0 Å². The molecular weight excluding hydrogens is 450 g/mol. The Bertz CT molecular complexity index is 1140. The molecule has 0 radical (unpaired) electrons. The van der Waals surface area contributed by atoms with E-state index >= 15 is 0 Å². The first-order valence-electron chi connectivity index (χ1n) is 10.4. The summed E-state index contributed by atoms with van der Waals surface area (Å²) in [5.74, 6) is 1.18. The Labute approximate surface area is 196 Å². The molecule has 4 rings (SSSR count). The lowest BCUT2D eigenvalue weighted by Gasteiger charge is -2.36. The Morgan fingerprint density at radius 3 is 2.34 bits per heavy atom. The molecule has 0 atom stereocenters. The van der Waals surface area contributed by atoms with Gasteiger partial charge in [0.2, 0.25) is 0 Å². The zero-order valence-electron chi connectivity index (χ0n) is 17.9. The molecule has 3 aromatic rings. The molecule has 1 aliphatic rings. The first kappa shape index (κ1) is 22.5. The zero-order chi connectivity index (χ0) is 22.8. The topological polar surface area (TPSA) is 49.3 Å². The van der Waals surface area contributed by atoms with Crippen LogP contribution in [0.4, 0.5) is 10.2 Å². The number of carbonyl (C=O) groups excluding carboxylic acids is 1. The SMILES string of the molecule is Cc1nc(C)c(Cc2cccc(F)c2)c(N2CCN(C(=O)c3cc(Cl)cc(Cl)c3)CC2)n1. The monoisotopic (exact) mass is 472 g/mol. The normalized spacial score (nSPS) is 14.0. The van der Waals surface area contributed by atoms with E-state index in [-0.39, 0.29) is 11.7 Å². The molecule has 32 heavy (non-hydrogen) atoms. The van der Waals surface area contributed by atoms with Gasteiger partial charge in [-0.2, -0.15) is 0 Å². The average Bonchev–Trinajstić information content (AvgIpc) is 2.74. The number of benzene rings is 2. The Hall–Kier alpha value is -2.70. The summed E-state index contributed by atoms with van der Waals surface area (Å²) in [6, 6.07) is 11.5. The van der Waals surface area contributed by atoms with Crippen molar-refractivity contribution in [2.45, 2.75) is 20.3 Å². The fourth-order valence-electron chi connectivity index (χ4n) is 4.02. The van der Waals surface area contributed by atoms with E-state index in [1.807, 2.05) is 19.9 Å². The van der Waals surface area contributed by atoms with Gasteiger partial charge in [0, 0.05) is 59.5 Å². The molecular formula is C24H23Cl2FN4O. The summed E-state index contributed by atoms with van der Waals surface area (Å²) < 4.78 is 13.7. The molecule has 166 valence electrons. The Morgan fingerprint density at radius 1 is 1.00 bits per heavy atom. The molecule has 2 heterocycles. The molecule has 0 saturated carbocycles. The van der Waals surface area contributed by atoms with Crippen LogP contribution < -0.4 is 4.90 Å². The van der Waals surface area contributed by atoms with E-state index in [4.69, 9.17) is 28.2 Å². The van der Waals surface area contributed by atoms with Crippen molar-refractivity contribution in [1.82, 2.24) is 14.9 Å². The van der Waals surface area contributed by atoms with E-state index in [2.05, 4.69) is 9.88 Å². The maximum Gasteiger partial charge on any atom is 0.254 e. The maximum absolute atomic E-state index is 13.7. The second-order valence-electron chi connectivity index (χ2n) is 7.90. The van der Waals surface area contributed by atoms with Gasteiger partial charge >= 0.3 is 0 Å². The van der Waals surface area contributed by atoms with Gasteiger partial charge in [0.05, 0.1) is 0 Å². The molecule has 1 amide bonds. The number of amides is 1. The number of carbonyl (C=O) groups is 1. The van der Waals surface area contributed by atoms with E-state index in [0.29, 0.717) is 54.0 Å². The number of piperazine rings is 1. The van der Waals surface area contributed by atoms with Crippen LogP contribution in [0.3, 0.4) is 0 Å². The first-order chi connectivity index (χ1) is 15.3. The quantitative estimate of drug-likeness (QED) is 0.530. The van der Waals surface area contributed by atoms with E-state index < -0.39 is 0 Å². The summed E-state index contributed by atoms with van der Waals surface area (Å²) in [4.78, 5) is 26.1. The summed E-state index contributed by atoms with van der Waals surface area (Å²) in [6.45, 7) is 6.17. The standard InChI is InChI=1S/C24H23Cl2FN4O/c1-15-22(11-17-4-3-5-21(27)10-17)23(29-16(2)28-15)30-6-8-31(9-7-30)24(32)18-12-19(25)14-20(26)13-18/h3-5,10,12-14H,6-9,11H2,1-2H3. The lowest BCUT2D eigenvalue weighted by Crippen LogP contribution is -2.49. The van der Waals surface area contributed by atoms with Crippen molar-refractivity contribution in [2.24, 2.45) is 0 Å². The number of hydrogen-bond donors (Lipinski definition) is 0. The Balaban J connectivity index is 1.53. The summed E-state index contributed by atoms with van der Waals surface area (Å²) in [5, 5.41) is 0.877. The van der Waals surface area contributed by atoms with Gasteiger partial charge < -0.3 is 9.80 Å². The highest BCUT2D eigenvalue weighted by atomic mass is 35.5. The molecule has 8 heteroatoms. The van der Waals surface area contributed by atoms with E-state index in [0.717, 1.165) is 22.6 Å². The fourth-order valence-corrected chi connectivity index (χ4v) is 4.54. The summed E-state index contributed by atoms with van der Waals surface area (Å²) in [6.07, 6.45) is 0.541. The Morgan fingerprint density at radius 2 is 1.69 bits per heavy atom. The number of nitrogens with zero attached hydrogens (tertiary/aromatic N) is 4. The van der Waals surface area contributed by atoms with Crippen LogP contribution in [-0.2, 0) is 6.42 Å². The van der Waals surface area contributed by atoms with Crippen molar-refractivity contribution in [3.63, 3.8) is 0 Å². The molecule has 0 spiro atoms. The van der Waals surface area contributed by atoms with E-state index in [9.17, 15) is 9.18 Å². The van der Waals surface area contributed by atoms with Crippen LogP contribution in [-0.4, -0.2) is 47.0 Å². The number of aryl methyl sites for hydroxylation is 2. The highest BCUT2D eigenvalue weighted by Crippen LogP contribution is 2.26. The van der Waals surface area contributed by atoms with Crippen LogP contribution in [0.2, 0.25) is 10.0 Å². The maximum atomic E-state index is 13.7. The summed E-state index contributed by atoms with van der Waals surface area (Å²) in [7, 11) is 0. The summed E-state index contributed by atoms with van der Waals surface area (Å²) in [5.41, 5.74) is 3.20. The molecule has 0 N–H and O–H groups in total. The molecule has 1 fully saturated rings. The van der Waals surface area contributed by atoms with Crippen molar-refractivity contribution in [1.29, 1.82) is 0 Å². The largest absolute Gasteiger partial charge is 0.353 e. The van der Waals surface area contributed by atoms with Crippen LogP contribution in [0, 0.1) is 19.7 Å². The van der Waals surface area contributed by atoms with Gasteiger partial charge in [-0.3, -0.25) is 4.79 Å². The van der Waals surface area contributed by atoms with Crippen molar-refractivity contribution in [3.05, 3.63) is 86.5 Å². The highest BCUT2D eigenvalue weighted by Gasteiger charge is 2.26. The molecule has 0 unspecified atom stereocenters. The smallest absolute Gasteiger partial charge is 0.254 e. The lowest BCUT2D eigenvalue weighted by atomic mass is 10.0. The second kappa shape index (κ2) is 9.43. The van der Waals surface area contributed by atoms with Gasteiger partial charge in [-0.05, 0) is 49.7 Å². The van der Waals surface area contributed by atoms with Crippen LogP contribution in [0.5, 0.6) is 0 Å². The van der Waals surface area contributed by atoms with Gasteiger partial charge in [-0.15, -0.1) is 0 Å². The van der Waals surface area contributed by atoms with Gasteiger partial charge in [0.25, 0.3) is 5.91 Å². The van der Waals surface area contributed by atoms with Gasteiger partial charge in [0.1, 0.15) is 17.5 Å². The number of hydrogen-bond acceptors (Lipinski definition) is 4. The van der Waals surface area contributed by atoms with Gasteiger partial charge in [-0.1, -0.05) is 35.3 Å². The Kier molecular flexibility index (Phi) is 6.63. The minimum atomic E-state index is -0.261. The molecule has 1 saturated heterocycles. The molecule has 1 aromatic heterocycles. The van der Waals surface area contributed by atoms with E-state index in [1.54, 1.807) is 29.2 Å². The zero-order valence-corrected chi connectivity index (χ0v) is 19.4. The minimum Gasteiger partial charge on any atom is -0.353 e. The number of anilines is 1. The van der Waals surface area contributed by atoms with Crippen molar-refractivity contribution in [2.75, 3.05) is 31.1 Å². The number of rotatable bonds is 4. The highest BCUT2D eigenvalue weighted by molar-refractivity contribution is 6.35. The first-order valence-corrected chi connectivity index (χ1v) is 11.1. The van der Waals surface area contributed by atoms with Crippen molar-refractivity contribution in [3.8, 4) is 0 Å². The number of halogens is 3. The van der Waals surface area contributed by atoms with Gasteiger partial charge in [-0.25, -0.2) is 14.4 Å². The third-order valence-electron chi connectivity index (χ3n) is 5.55. The predicted octanol–water partition coefficient (Wildman–Crippen LogP) is 5.09. The van der Waals surface area contributed by atoms with E-state index in [1.165, 1.54) is 12.1 Å². The van der Waals surface area contributed by atoms with Crippen molar-refractivity contribution >= 4 is 34.9 Å². The molecule has 0 bridgehead atoms. The molecule has 0 aliphatic carbocycles. The molecule has 1 aliphatic heterocycles.